The van der Waals surface area contributed by atoms with Crippen LogP contribution in [0.25, 0.3) is 0 Å². The van der Waals surface area contributed by atoms with Gasteiger partial charge in [0.25, 0.3) is 0 Å². The molecule has 1 saturated heterocycles. The van der Waals surface area contributed by atoms with Crippen molar-refractivity contribution in [3.63, 3.8) is 0 Å². The van der Waals surface area contributed by atoms with E-state index in [0.717, 1.165) is 13.2 Å². The molecule has 2 nitrogen and oxygen atoms in total. The number of hydrogen-bond acceptors (Lipinski definition) is 2. The molecule has 2 heteroatoms. The van der Waals surface area contributed by atoms with Crippen LogP contribution >= 0.6 is 0 Å². The third kappa shape index (κ3) is 2.13. The van der Waals surface area contributed by atoms with E-state index in [1.165, 1.54) is 36.8 Å². The van der Waals surface area contributed by atoms with Crippen molar-refractivity contribution < 1.29 is 4.74 Å². The average molecular weight is 217 g/mol. The van der Waals surface area contributed by atoms with Crippen LogP contribution in [0, 0.1) is 0 Å². The highest BCUT2D eigenvalue weighted by Gasteiger charge is 2.24. The number of nitrogens with one attached hydrogen (secondary N) is 1. The zero-order valence-corrected chi connectivity index (χ0v) is 9.61. The molecule has 0 aromatic heterocycles. The number of benzene rings is 1. The minimum absolute atomic E-state index is 0.577. The second-order valence-corrected chi connectivity index (χ2v) is 4.95. The summed E-state index contributed by atoms with van der Waals surface area (Å²) >= 11 is 0. The van der Waals surface area contributed by atoms with Crippen molar-refractivity contribution in [1.29, 1.82) is 0 Å². The van der Waals surface area contributed by atoms with E-state index in [9.17, 15) is 0 Å². The molecule has 1 heterocycles. The zero-order valence-electron chi connectivity index (χ0n) is 9.61. The van der Waals surface area contributed by atoms with Crippen molar-refractivity contribution in [3.8, 4) is 0 Å². The van der Waals surface area contributed by atoms with E-state index >= 15 is 0 Å². The molecule has 0 saturated carbocycles. The normalized spacial score (nSPS) is 25.6. The van der Waals surface area contributed by atoms with Gasteiger partial charge in [0.05, 0.1) is 6.61 Å². The van der Waals surface area contributed by atoms with Gasteiger partial charge in [-0.15, -0.1) is 0 Å². The fourth-order valence-electron chi connectivity index (χ4n) is 2.88. The highest BCUT2D eigenvalue weighted by Crippen LogP contribution is 2.22. The van der Waals surface area contributed by atoms with Gasteiger partial charge in [0.2, 0.25) is 0 Å². The fraction of sp³-hybridized carbons (Fsp3) is 0.571. The summed E-state index contributed by atoms with van der Waals surface area (Å²) < 4.78 is 5.51. The summed E-state index contributed by atoms with van der Waals surface area (Å²) in [5.74, 6) is 0. The molecule has 2 aliphatic rings. The van der Waals surface area contributed by atoms with Gasteiger partial charge in [0.1, 0.15) is 0 Å². The van der Waals surface area contributed by atoms with Crippen LogP contribution in [0.5, 0.6) is 0 Å². The lowest BCUT2D eigenvalue weighted by atomic mass is 10.1. The maximum atomic E-state index is 5.51. The Balaban J connectivity index is 1.59. The van der Waals surface area contributed by atoms with Crippen LogP contribution in [-0.4, -0.2) is 25.3 Å². The molecule has 1 N–H and O–H groups in total. The Hall–Kier alpha value is -0.860. The summed E-state index contributed by atoms with van der Waals surface area (Å²) in [5.41, 5.74) is 3.05. The lowest BCUT2D eigenvalue weighted by Gasteiger charge is -2.26. The van der Waals surface area contributed by atoms with Crippen molar-refractivity contribution in [2.24, 2.45) is 0 Å². The summed E-state index contributed by atoms with van der Waals surface area (Å²) in [6.07, 6.45) is 4.85. The molecule has 0 radical (unpaired) electrons. The van der Waals surface area contributed by atoms with Crippen molar-refractivity contribution in [3.05, 3.63) is 35.4 Å². The van der Waals surface area contributed by atoms with Crippen LogP contribution in [-0.2, 0) is 17.6 Å². The maximum Gasteiger partial charge on any atom is 0.0619 e. The molecule has 1 aromatic rings. The lowest BCUT2D eigenvalue weighted by Crippen LogP contribution is -2.43. The summed E-state index contributed by atoms with van der Waals surface area (Å²) in [4.78, 5) is 0. The number of hydrogen-bond donors (Lipinski definition) is 1. The molecule has 86 valence electrons. The third-order valence-electron chi connectivity index (χ3n) is 3.68. The van der Waals surface area contributed by atoms with Gasteiger partial charge in [0.15, 0.2) is 0 Å². The van der Waals surface area contributed by atoms with Gasteiger partial charge in [-0.1, -0.05) is 24.3 Å². The van der Waals surface area contributed by atoms with Crippen molar-refractivity contribution in [2.75, 3.05) is 13.2 Å². The van der Waals surface area contributed by atoms with Gasteiger partial charge in [-0.05, 0) is 36.8 Å². The second-order valence-electron chi connectivity index (χ2n) is 4.95. The zero-order chi connectivity index (χ0) is 10.8. The van der Waals surface area contributed by atoms with Gasteiger partial charge in [-0.25, -0.2) is 0 Å². The standard InChI is InChI=1S/C14H19NO/c1-2-5-12-9-14(8-11(12)4-1)15-13-6-3-7-16-10-13/h1-2,4-5,13-15H,3,6-10H2. The van der Waals surface area contributed by atoms with Gasteiger partial charge in [-0.3, -0.25) is 0 Å². The predicted octanol–water partition coefficient (Wildman–Crippen LogP) is 1.92. The minimum atomic E-state index is 0.577. The first-order valence-electron chi connectivity index (χ1n) is 6.32. The van der Waals surface area contributed by atoms with Crippen LogP contribution in [0.3, 0.4) is 0 Å². The van der Waals surface area contributed by atoms with Gasteiger partial charge < -0.3 is 10.1 Å². The summed E-state index contributed by atoms with van der Waals surface area (Å²) in [6.45, 7) is 1.84. The van der Waals surface area contributed by atoms with Crippen molar-refractivity contribution in [2.45, 2.75) is 37.8 Å². The van der Waals surface area contributed by atoms with Crippen LogP contribution in [0.15, 0.2) is 24.3 Å². The van der Waals surface area contributed by atoms with E-state index in [0.29, 0.717) is 12.1 Å². The van der Waals surface area contributed by atoms with E-state index < -0.39 is 0 Å². The lowest BCUT2D eigenvalue weighted by molar-refractivity contribution is 0.0667. The molecule has 1 aliphatic heterocycles. The van der Waals surface area contributed by atoms with Crippen molar-refractivity contribution in [1.82, 2.24) is 5.32 Å². The Labute approximate surface area is 97.0 Å². The van der Waals surface area contributed by atoms with Gasteiger partial charge >= 0.3 is 0 Å². The Bertz CT molecular complexity index is 333. The molecular formula is C14H19NO. The highest BCUT2D eigenvalue weighted by molar-refractivity contribution is 5.33. The first-order chi connectivity index (χ1) is 7.92. The van der Waals surface area contributed by atoms with E-state index in [2.05, 4.69) is 29.6 Å². The van der Waals surface area contributed by atoms with E-state index in [-0.39, 0.29) is 0 Å². The predicted molar refractivity (Wildman–Crippen MR) is 64.6 cm³/mol. The second kappa shape index (κ2) is 4.56. The number of fused-ring (bicyclic) bond motifs is 1. The molecule has 0 spiro atoms. The maximum absolute atomic E-state index is 5.51. The van der Waals surface area contributed by atoms with Crippen molar-refractivity contribution >= 4 is 0 Å². The van der Waals surface area contributed by atoms with Crippen LogP contribution in [0.2, 0.25) is 0 Å². The minimum Gasteiger partial charge on any atom is -0.380 e. The summed E-state index contributed by atoms with van der Waals surface area (Å²) in [6, 6.07) is 10.0. The summed E-state index contributed by atoms with van der Waals surface area (Å²) in [7, 11) is 0. The SMILES string of the molecule is c1ccc2c(c1)CC(NC1CCCOC1)C2. The van der Waals surface area contributed by atoms with Crippen LogP contribution in [0.4, 0.5) is 0 Å². The Morgan fingerprint density at radius 2 is 1.81 bits per heavy atom. The summed E-state index contributed by atoms with van der Waals surface area (Å²) in [5, 5.41) is 3.74. The quantitative estimate of drug-likeness (QED) is 0.817. The Kier molecular flexibility index (Phi) is 2.94. The largest absolute Gasteiger partial charge is 0.380 e. The number of ether oxygens (including phenoxy) is 1. The number of rotatable bonds is 2. The highest BCUT2D eigenvalue weighted by atomic mass is 16.5. The molecule has 16 heavy (non-hydrogen) atoms. The third-order valence-corrected chi connectivity index (χ3v) is 3.68. The van der Waals surface area contributed by atoms with Gasteiger partial charge in [-0.2, -0.15) is 0 Å². The molecule has 1 atom stereocenters. The molecule has 1 aromatic carbocycles. The molecule has 0 bridgehead atoms. The monoisotopic (exact) mass is 217 g/mol. The van der Waals surface area contributed by atoms with Crippen LogP contribution < -0.4 is 5.32 Å². The molecular weight excluding hydrogens is 198 g/mol. The van der Waals surface area contributed by atoms with E-state index in [4.69, 9.17) is 4.74 Å². The van der Waals surface area contributed by atoms with Gasteiger partial charge in [0, 0.05) is 18.7 Å². The first kappa shape index (κ1) is 10.3. The van der Waals surface area contributed by atoms with E-state index in [1.807, 2.05) is 0 Å². The molecule has 1 unspecified atom stereocenters. The smallest absolute Gasteiger partial charge is 0.0619 e. The molecule has 0 amide bonds. The molecule has 3 rings (SSSR count). The topological polar surface area (TPSA) is 21.3 Å². The Morgan fingerprint density at radius 3 is 2.44 bits per heavy atom. The average Bonchev–Trinajstić information content (AvgIpc) is 2.72. The Morgan fingerprint density at radius 1 is 1.06 bits per heavy atom. The first-order valence-corrected chi connectivity index (χ1v) is 6.32. The fourth-order valence-corrected chi connectivity index (χ4v) is 2.88. The van der Waals surface area contributed by atoms with E-state index in [1.54, 1.807) is 0 Å². The molecule has 1 aliphatic carbocycles. The van der Waals surface area contributed by atoms with Crippen LogP contribution in [0.1, 0.15) is 24.0 Å². The molecule has 1 fully saturated rings.